The highest BCUT2D eigenvalue weighted by Crippen LogP contribution is 2.23. The SMILES string of the molecule is C.C.C.C.Cc1nc(Cl)c2ccccc2n1.Cc1nc(N)c2ccccc2n1.Cc1nc(NS(=O)(=O)CCl)c2ccccc2n1.N.O=S(=O)(Cl)CCl.[B]N.[B]NCS(=O)(=O)Nc1nc(C)nc2ccccc12. The molecule has 8 aromatic rings. The van der Waals surface area contributed by atoms with E-state index in [9.17, 15) is 25.3 Å². The molecule has 20 nitrogen and oxygen atoms in total. The molecule has 72 heavy (non-hydrogen) atoms. The van der Waals surface area contributed by atoms with Gasteiger partial charge in [-0.15, -0.1) is 23.2 Å². The number of benzene rings is 4. The quantitative estimate of drug-likeness (QED) is 0.0358. The zero-order valence-corrected chi connectivity index (χ0v) is 42.1. The summed E-state index contributed by atoms with van der Waals surface area (Å²) in [6.07, 6.45) is 0. The fraction of sp³-hybridized carbons (Fsp3) is 0.256. The summed E-state index contributed by atoms with van der Waals surface area (Å²) in [7, 11) is 3.02. The van der Waals surface area contributed by atoms with E-state index in [0.717, 1.165) is 21.8 Å². The van der Waals surface area contributed by atoms with E-state index in [2.05, 4.69) is 78.9 Å². The molecule has 4 radical (unpaired) electrons. The van der Waals surface area contributed by atoms with Gasteiger partial charge in [0, 0.05) is 32.2 Å². The minimum absolute atomic E-state index is 0. The highest BCUT2D eigenvalue weighted by molar-refractivity contribution is 8.14. The van der Waals surface area contributed by atoms with Gasteiger partial charge < -0.3 is 22.8 Å². The third-order valence-corrected chi connectivity index (χ3v) is 12.7. The van der Waals surface area contributed by atoms with Crippen molar-refractivity contribution in [3.05, 3.63) is 126 Å². The zero-order valence-electron chi connectivity index (χ0n) is 36.6. The maximum atomic E-state index is 11.6. The average Bonchev–Trinajstić information content (AvgIpc) is 3.27. The summed E-state index contributed by atoms with van der Waals surface area (Å²) in [5, 5.41) is 4.71. The molecule has 0 amide bonds. The van der Waals surface area contributed by atoms with Gasteiger partial charge in [-0.2, -0.15) is 0 Å². The van der Waals surface area contributed by atoms with Crippen LogP contribution in [-0.4, -0.2) is 97.4 Å². The predicted octanol–water partition coefficient (Wildman–Crippen LogP) is 8.79. The zero-order chi connectivity index (χ0) is 50.0. The van der Waals surface area contributed by atoms with Gasteiger partial charge in [-0.25, -0.2) is 65.1 Å². The Balaban J connectivity index is -0.000000830. The van der Waals surface area contributed by atoms with E-state index < -0.39 is 39.5 Å². The number of para-hydroxylation sites is 4. The molecule has 0 unspecified atom stereocenters. The molecule has 10 N–H and O–H groups in total. The van der Waals surface area contributed by atoms with Crippen LogP contribution >= 0.6 is 45.5 Å². The number of nitrogens with zero attached hydrogens (tertiary/aromatic N) is 8. The molecule has 0 spiro atoms. The molecular weight excluding hydrogens is 1070 g/mol. The lowest BCUT2D eigenvalue weighted by Gasteiger charge is -2.09. The molecule has 8 rings (SSSR count). The van der Waals surface area contributed by atoms with Crippen LogP contribution in [0.15, 0.2) is 97.1 Å². The van der Waals surface area contributed by atoms with Crippen molar-refractivity contribution >= 4 is 152 Å². The second-order valence-electron chi connectivity index (χ2n) is 13.1. The molecule has 0 aliphatic rings. The number of nitrogen functional groups attached to an aromatic ring is 1. The van der Waals surface area contributed by atoms with E-state index in [4.69, 9.17) is 48.5 Å². The molecule has 29 heteroatoms. The number of alkyl halides is 2. The molecule has 0 bridgehead atoms. The molecule has 390 valence electrons. The minimum atomic E-state index is -3.57. The lowest BCUT2D eigenvalue weighted by atomic mass is 10.2. The topological polar surface area (TPSA) is 329 Å². The third kappa shape index (κ3) is 23.0. The number of nitrogens with one attached hydrogen (secondary N) is 3. The Kier molecular flexibility index (Phi) is 32.9. The van der Waals surface area contributed by atoms with E-state index >= 15 is 0 Å². The molecule has 0 saturated heterocycles. The van der Waals surface area contributed by atoms with Gasteiger partial charge in [0.15, 0.2) is 27.6 Å². The highest BCUT2D eigenvalue weighted by atomic mass is 35.7. The van der Waals surface area contributed by atoms with Crippen LogP contribution in [0.1, 0.15) is 53.0 Å². The first-order valence-electron chi connectivity index (χ1n) is 18.8. The Hall–Kier alpha value is -5.34. The molecule has 4 aromatic carbocycles. The molecule has 0 atom stereocenters. The Morgan fingerprint density at radius 3 is 1.18 bits per heavy atom. The molecular formula is C43H60B2Cl4N14O6S3. The summed E-state index contributed by atoms with van der Waals surface area (Å²) in [4.78, 5) is 33.2. The fourth-order valence-electron chi connectivity index (χ4n) is 5.38. The van der Waals surface area contributed by atoms with Gasteiger partial charge in [-0.3, -0.25) is 9.44 Å². The van der Waals surface area contributed by atoms with Crippen molar-refractivity contribution < 1.29 is 25.3 Å². The number of sulfonamides is 2. The Morgan fingerprint density at radius 1 is 0.500 bits per heavy atom. The van der Waals surface area contributed by atoms with E-state index in [1.165, 1.54) is 0 Å². The van der Waals surface area contributed by atoms with E-state index in [0.29, 0.717) is 56.1 Å². The van der Waals surface area contributed by atoms with Crippen molar-refractivity contribution in [1.82, 2.24) is 51.3 Å². The van der Waals surface area contributed by atoms with Gasteiger partial charge in [0.25, 0.3) is 0 Å². The van der Waals surface area contributed by atoms with Crippen LogP contribution in [0.2, 0.25) is 5.15 Å². The predicted molar refractivity (Wildman–Crippen MR) is 303 cm³/mol. The number of nitrogens with two attached hydrogens (primary N) is 2. The van der Waals surface area contributed by atoms with Crippen LogP contribution in [0.3, 0.4) is 0 Å². The standard InChI is InChI=1S/C10H11BN4O2S.C10H10ClN3O2S.C9H7ClN2.C9H9N3.CH2Cl2O2S.4CH4.BH2N.H3N/c1-7-13-9-5-3-2-4-8(9)10(14-7)15-18(16,17)6-12-11;1-7-12-9-5-3-2-4-8(9)10(13-7)14-17(15,16)6-11;2*1-6-11-8-5-3-2-4-7(8)9(10)12-6;2-1-6(3,4)5;;;;;1-2;/h2-5,12H,6H2,1H3,(H,13,14,15);2-5H,6H2,1H3,(H,12,13,14);2-5H,1H3;2-5H,1H3,(H2,10,11,12);1H2;4*1H4;2H2;1H3. The number of anilines is 3. The van der Waals surface area contributed by atoms with Gasteiger partial charge in [-0.05, 0) is 76.2 Å². The fourth-order valence-corrected chi connectivity index (χ4v) is 7.07. The lowest BCUT2D eigenvalue weighted by molar-refractivity contribution is 0.599. The van der Waals surface area contributed by atoms with Crippen LogP contribution in [0.5, 0.6) is 0 Å². The summed E-state index contributed by atoms with van der Waals surface area (Å²) >= 11 is 16.0. The first-order chi connectivity index (χ1) is 31.6. The first kappa shape index (κ1) is 70.9. The molecule has 0 fully saturated rings. The number of fused-ring (bicyclic) bond motifs is 4. The molecule has 4 aromatic heterocycles. The normalized spacial score (nSPS) is 10.2. The van der Waals surface area contributed by atoms with Gasteiger partial charge in [-0.1, -0.05) is 89.8 Å². The smallest absolute Gasteiger partial charge is 0.247 e. The summed E-state index contributed by atoms with van der Waals surface area (Å²) in [6.45, 7) is 7.07. The van der Waals surface area contributed by atoms with E-state index in [1.54, 1.807) is 50.2 Å². The minimum Gasteiger partial charge on any atom is -0.383 e. The van der Waals surface area contributed by atoms with Crippen LogP contribution in [0, 0.1) is 27.7 Å². The largest absolute Gasteiger partial charge is 0.383 e. The Bertz CT molecular complexity index is 3210. The van der Waals surface area contributed by atoms with Gasteiger partial charge in [0.1, 0.15) is 50.6 Å². The number of aryl methyl sites for hydroxylation is 4. The van der Waals surface area contributed by atoms with Crippen molar-refractivity contribution in [1.29, 1.82) is 0 Å². The second-order valence-corrected chi connectivity index (χ2v) is 20.8. The average molecular weight is 1130 g/mol. The molecule has 4 heterocycles. The molecule has 0 saturated carbocycles. The highest BCUT2D eigenvalue weighted by Gasteiger charge is 2.14. The number of halogens is 4. The van der Waals surface area contributed by atoms with Crippen LogP contribution in [-0.2, 0) is 29.1 Å². The number of aromatic nitrogens is 8. The number of hydrogen-bond donors (Lipinski definition) is 6. The summed E-state index contributed by atoms with van der Waals surface area (Å²) in [6, 6.07) is 29.7. The van der Waals surface area contributed by atoms with Gasteiger partial charge >= 0.3 is 0 Å². The first-order valence-corrected chi connectivity index (χ1v) is 26.0. The van der Waals surface area contributed by atoms with Crippen molar-refractivity contribution in [2.24, 2.45) is 5.64 Å². The lowest BCUT2D eigenvalue weighted by Crippen LogP contribution is -2.26. The Labute approximate surface area is 445 Å². The summed E-state index contributed by atoms with van der Waals surface area (Å²) < 4.78 is 70.1. The van der Waals surface area contributed by atoms with Crippen LogP contribution in [0.25, 0.3) is 43.6 Å². The van der Waals surface area contributed by atoms with Crippen LogP contribution < -0.4 is 32.2 Å². The summed E-state index contributed by atoms with van der Waals surface area (Å²) in [5.74, 6) is 3.10. The third-order valence-electron chi connectivity index (χ3n) is 7.89. The van der Waals surface area contributed by atoms with Crippen molar-refractivity contribution in [2.75, 3.05) is 31.5 Å². The number of hydrogen-bond acceptors (Lipinski definition) is 18. The van der Waals surface area contributed by atoms with E-state index in [-0.39, 0.29) is 53.4 Å². The van der Waals surface area contributed by atoms with Gasteiger partial charge in [0.05, 0.1) is 22.1 Å². The van der Waals surface area contributed by atoms with Crippen molar-refractivity contribution in [3.8, 4) is 0 Å². The maximum absolute atomic E-state index is 11.6. The summed E-state index contributed by atoms with van der Waals surface area (Å²) in [5.41, 5.74) is 12.9. The van der Waals surface area contributed by atoms with Crippen LogP contribution in [0.4, 0.5) is 17.5 Å². The van der Waals surface area contributed by atoms with E-state index in [1.807, 2.05) is 74.5 Å². The molecule has 0 aliphatic heterocycles. The van der Waals surface area contributed by atoms with Gasteiger partial charge in [0.2, 0.25) is 29.1 Å². The van der Waals surface area contributed by atoms with Crippen molar-refractivity contribution in [3.63, 3.8) is 0 Å². The Morgan fingerprint density at radius 2 is 0.806 bits per heavy atom. The number of rotatable bonds is 8. The van der Waals surface area contributed by atoms with Crippen molar-refractivity contribution in [2.45, 2.75) is 57.4 Å². The monoisotopic (exact) mass is 1130 g/mol. The maximum Gasteiger partial charge on any atom is 0.247 e. The molecule has 0 aliphatic carbocycles. The second kappa shape index (κ2) is 33.4.